The minimum absolute atomic E-state index is 0.737. The van der Waals surface area contributed by atoms with Gasteiger partial charge in [0.25, 0.3) is 0 Å². The van der Waals surface area contributed by atoms with Crippen LogP contribution < -0.4 is 0 Å². The molecule has 0 amide bonds. The average Bonchev–Trinajstić information content (AvgIpc) is 2.05. The standard InChI is InChI=1S/C9H12Se/c1-8(10-2)9-6-4-3-5-7-9/h3-8H,1-2H3/i10-4. The van der Waals surface area contributed by atoms with Crippen molar-refractivity contribution < 1.29 is 0 Å². The Balaban J connectivity index is 2.75. The van der Waals surface area contributed by atoms with Crippen molar-refractivity contribution in [3.63, 3.8) is 0 Å². The van der Waals surface area contributed by atoms with E-state index >= 15 is 0 Å². The molecular weight excluding hydrogens is 183 g/mol. The van der Waals surface area contributed by atoms with Gasteiger partial charge >= 0.3 is 68.4 Å². The van der Waals surface area contributed by atoms with Gasteiger partial charge in [0.15, 0.2) is 0 Å². The molecule has 0 aliphatic carbocycles. The first-order chi connectivity index (χ1) is 4.84. The maximum atomic E-state index is 2.29. The molecule has 1 rings (SSSR count). The Bertz CT molecular complexity index is 181. The third-order valence-corrected chi connectivity index (χ3v) is 3.68. The summed E-state index contributed by atoms with van der Waals surface area (Å²) in [5.74, 6) is 2.28. The molecule has 0 aromatic heterocycles. The van der Waals surface area contributed by atoms with Crippen LogP contribution in [0.2, 0.25) is 5.82 Å². The van der Waals surface area contributed by atoms with Gasteiger partial charge in [0.1, 0.15) is 0 Å². The van der Waals surface area contributed by atoms with Gasteiger partial charge in [-0.15, -0.1) is 0 Å². The monoisotopic (exact) mass is 195 g/mol. The quantitative estimate of drug-likeness (QED) is 0.636. The predicted octanol–water partition coefficient (Wildman–Crippen LogP) is 2.50. The van der Waals surface area contributed by atoms with Crippen LogP contribution in [0.25, 0.3) is 0 Å². The van der Waals surface area contributed by atoms with Crippen molar-refractivity contribution in [3.05, 3.63) is 35.9 Å². The molecule has 0 fully saturated rings. The number of hydrogen-bond acceptors (Lipinski definition) is 0. The van der Waals surface area contributed by atoms with Crippen LogP contribution >= 0.6 is 0 Å². The van der Waals surface area contributed by atoms with Crippen molar-refractivity contribution in [2.24, 2.45) is 0 Å². The first-order valence-electron chi connectivity index (χ1n) is 3.42. The van der Waals surface area contributed by atoms with E-state index in [-0.39, 0.29) is 0 Å². The predicted molar refractivity (Wildman–Crippen MR) is 46.5 cm³/mol. The van der Waals surface area contributed by atoms with E-state index in [9.17, 15) is 0 Å². The van der Waals surface area contributed by atoms with E-state index in [1.165, 1.54) is 5.56 Å². The fraction of sp³-hybridized carbons (Fsp3) is 0.333. The molecule has 0 radical (unpaired) electrons. The van der Waals surface area contributed by atoms with Crippen LogP contribution in [0, 0.1) is 0 Å². The third-order valence-electron chi connectivity index (χ3n) is 1.62. The number of hydrogen-bond donors (Lipinski definition) is 0. The van der Waals surface area contributed by atoms with Crippen LogP contribution in [0.3, 0.4) is 0 Å². The second-order valence-corrected chi connectivity index (χ2v) is 4.76. The summed E-state index contributed by atoms with van der Waals surface area (Å²) in [5, 5.41) is 0. The summed E-state index contributed by atoms with van der Waals surface area (Å²) in [4.78, 5) is 0.772. The van der Waals surface area contributed by atoms with Crippen molar-refractivity contribution in [1.82, 2.24) is 0 Å². The molecule has 0 N–H and O–H groups in total. The van der Waals surface area contributed by atoms with Crippen molar-refractivity contribution in [3.8, 4) is 0 Å². The van der Waals surface area contributed by atoms with E-state index < -0.39 is 0 Å². The van der Waals surface area contributed by atoms with E-state index in [0.29, 0.717) is 0 Å². The molecule has 0 nitrogen and oxygen atoms in total. The van der Waals surface area contributed by atoms with Crippen LogP contribution in [0.1, 0.15) is 17.3 Å². The Labute approximate surface area is 68.8 Å². The summed E-state index contributed by atoms with van der Waals surface area (Å²) in [6.07, 6.45) is 0. The van der Waals surface area contributed by atoms with Crippen LogP contribution in [0.5, 0.6) is 0 Å². The van der Waals surface area contributed by atoms with Crippen molar-refractivity contribution in [2.45, 2.75) is 17.6 Å². The van der Waals surface area contributed by atoms with Gasteiger partial charge in [-0.2, -0.15) is 0 Å². The molecular formula is C9H12Se. The van der Waals surface area contributed by atoms with Crippen LogP contribution in [0.15, 0.2) is 30.3 Å². The molecule has 0 heterocycles. The third kappa shape index (κ3) is 1.86. The first kappa shape index (κ1) is 7.84. The molecule has 0 aliphatic heterocycles. The summed E-state index contributed by atoms with van der Waals surface area (Å²) in [6.45, 7) is 2.29. The van der Waals surface area contributed by atoms with Gasteiger partial charge in [0.05, 0.1) is 0 Å². The molecule has 0 spiro atoms. The zero-order valence-corrected chi connectivity index (χ0v) is 8.09. The van der Waals surface area contributed by atoms with Gasteiger partial charge in [-0.3, -0.25) is 0 Å². The van der Waals surface area contributed by atoms with E-state index in [4.69, 9.17) is 0 Å². The Morgan fingerprint density at radius 3 is 2.30 bits per heavy atom. The molecule has 10 heavy (non-hydrogen) atoms. The van der Waals surface area contributed by atoms with Gasteiger partial charge in [0, 0.05) is 0 Å². The Morgan fingerprint density at radius 2 is 1.80 bits per heavy atom. The molecule has 54 valence electrons. The summed E-state index contributed by atoms with van der Waals surface area (Å²) in [7, 11) is 0. The first-order valence-corrected chi connectivity index (χ1v) is 6.12. The minimum atomic E-state index is 0.737. The molecule has 0 bridgehead atoms. The SMILES string of the molecule is C[75Se]C(C)c1ccccc1. The summed E-state index contributed by atoms with van der Waals surface area (Å²) >= 11 is 0.737. The maximum absolute atomic E-state index is 2.29. The molecule has 0 saturated heterocycles. The zero-order chi connectivity index (χ0) is 7.40. The Morgan fingerprint density at radius 1 is 1.20 bits per heavy atom. The summed E-state index contributed by atoms with van der Waals surface area (Å²) < 4.78 is 0. The fourth-order valence-corrected chi connectivity index (χ4v) is 1.76. The average molecular weight is 195 g/mol. The topological polar surface area (TPSA) is 0 Å². The second kappa shape index (κ2) is 3.80. The fourth-order valence-electron chi connectivity index (χ4n) is 0.860. The molecule has 1 heteroatoms. The molecule has 0 saturated carbocycles. The van der Waals surface area contributed by atoms with E-state index in [0.717, 1.165) is 19.8 Å². The van der Waals surface area contributed by atoms with E-state index in [1.54, 1.807) is 0 Å². The second-order valence-electron chi connectivity index (χ2n) is 2.29. The number of benzene rings is 1. The van der Waals surface area contributed by atoms with Gasteiger partial charge in [0.2, 0.25) is 0 Å². The summed E-state index contributed by atoms with van der Waals surface area (Å²) in [6, 6.07) is 10.7. The Hall–Kier alpha value is -0.261. The van der Waals surface area contributed by atoms with Crippen molar-refractivity contribution >= 4 is 15.0 Å². The summed E-state index contributed by atoms with van der Waals surface area (Å²) in [5.41, 5.74) is 1.48. The van der Waals surface area contributed by atoms with Crippen molar-refractivity contribution in [1.29, 1.82) is 0 Å². The molecule has 0 aliphatic rings. The van der Waals surface area contributed by atoms with Gasteiger partial charge in [-0.1, -0.05) is 0 Å². The number of rotatable bonds is 2. The van der Waals surface area contributed by atoms with Gasteiger partial charge < -0.3 is 0 Å². The normalized spacial score (nSPS) is 13.0. The molecule has 1 aromatic rings. The van der Waals surface area contributed by atoms with E-state index in [1.807, 2.05) is 0 Å². The Kier molecular flexibility index (Phi) is 2.98. The van der Waals surface area contributed by atoms with Crippen LogP contribution in [-0.4, -0.2) is 15.0 Å². The van der Waals surface area contributed by atoms with E-state index in [2.05, 4.69) is 43.1 Å². The van der Waals surface area contributed by atoms with Crippen LogP contribution in [-0.2, 0) is 0 Å². The van der Waals surface area contributed by atoms with Crippen molar-refractivity contribution in [2.75, 3.05) is 0 Å². The molecule has 1 atom stereocenters. The van der Waals surface area contributed by atoms with Crippen LogP contribution in [0.4, 0.5) is 0 Å². The van der Waals surface area contributed by atoms with Gasteiger partial charge in [-0.25, -0.2) is 0 Å². The molecule has 1 aromatic carbocycles. The molecule has 1 unspecified atom stereocenters. The van der Waals surface area contributed by atoms with Gasteiger partial charge in [-0.05, 0) is 0 Å². The zero-order valence-electron chi connectivity index (χ0n) is 6.37.